The highest BCUT2D eigenvalue weighted by Crippen LogP contribution is 2.19. The summed E-state index contributed by atoms with van der Waals surface area (Å²) in [7, 11) is 2.10. The molecule has 0 aliphatic rings. The van der Waals surface area contributed by atoms with Crippen molar-refractivity contribution in [2.45, 2.75) is 19.9 Å². The Hall–Kier alpha value is -0.120. The maximum absolute atomic E-state index is 5.76. The Kier molecular flexibility index (Phi) is 3.98. The molecule has 0 saturated carbocycles. The highest BCUT2D eigenvalue weighted by atomic mass is 35.5. The van der Waals surface area contributed by atoms with Crippen molar-refractivity contribution in [2.75, 3.05) is 13.6 Å². The first-order chi connectivity index (χ1) is 5.72. The Labute approximate surface area is 82.2 Å². The van der Waals surface area contributed by atoms with Gasteiger partial charge in [0.25, 0.3) is 0 Å². The van der Waals surface area contributed by atoms with Crippen LogP contribution >= 0.6 is 22.9 Å². The van der Waals surface area contributed by atoms with Crippen molar-refractivity contribution in [1.29, 1.82) is 0 Å². The van der Waals surface area contributed by atoms with Gasteiger partial charge in [-0.3, -0.25) is 4.90 Å². The van der Waals surface area contributed by atoms with Crippen molar-refractivity contribution in [2.24, 2.45) is 0 Å². The standard InChI is InChI=1S/C8H13ClN2S/c1-3-4-11(2)6-8-10-5-7(9)12-8/h5H,3-4,6H2,1-2H3. The molecule has 1 heterocycles. The molecule has 1 aromatic rings. The Morgan fingerprint density at radius 2 is 2.42 bits per heavy atom. The molecule has 0 spiro atoms. The molecule has 1 rings (SSSR count). The van der Waals surface area contributed by atoms with Gasteiger partial charge in [0, 0.05) is 0 Å². The number of thiazole rings is 1. The van der Waals surface area contributed by atoms with E-state index in [-0.39, 0.29) is 0 Å². The van der Waals surface area contributed by atoms with E-state index in [1.807, 2.05) is 0 Å². The van der Waals surface area contributed by atoms with Gasteiger partial charge in [-0.05, 0) is 20.0 Å². The van der Waals surface area contributed by atoms with Gasteiger partial charge in [0.1, 0.15) is 9.34 Å². The molecule has 0 bridgehead atoms. The van der Waals surface area contributed by atoms with Crippen molar-refractivity contribution in [1.82, 2.24) is 9.88 Å². The Balaban J connectivity index is 2.41. The summed E-state index contributed by atoms with van der Waals surface area (Å²) in [4.78, 5) is 6.43. The lowest BCUT2D eigenvalue weighted by Gasteiger charge is -2.12. The van der Waals surface area contributed by atoms with Gasteiger partial charge in [0.05, 0.1) is 12.7 Å². The largest absolute Gasteiger partial charge is 0.300 e. The van der Waals surface area contributed by atoms with Crippen LogP contribution in [0.2, 0.25) is 4.34 Å². The van der Waals surface area contributed by atoms with E-state index in [2.05, 4.69) is 23.9 Å². The van der Waals surface area contributed by atoms with Crippen molar-refractivity contribution in [3.05, 3.63) is 15.5 Å². The minimum absolute atomic E-state index is 0.773. The molecule has 12 heavy (non-hydrogen) atoms. The molecule has 0 saturated heterocycles. The van der Waals surface area contributed by atoms with Crippen LogP contribution in [0.15, 0.2) is 6.20 Å². The molecule has 0 N–H and O–H groups in total. The second-order valence-electron chi connectivity index (χ2n) is 2.80. The van der Waals surface area contributed by atoms with Crippen molar-refractivity contribution in [3.8, 4) is 0 Å². The van der Waals surface area contributed by atoms with Crippen LogP contribution in [-0.2, 0) is 6.54 Å². The smallest absolute Gasteiger partial charge is 0.113 e. The van der Waals surface area contributed by atoms with E-state index in [1.54, 1.807) is 17.5 Å². The lowest BCUT2D eigenvalue weighted by atomic mass is 10.4. The summed E-state index contributed by atoms with van der Waals surface area (Å²) in [6, 6.07) is 0. The summed E-state index contributed by atoms with van der Waals surface area (Å²) in [5.41, 5.74) is 0. The zero-order valence-corrected chi connectivity index (χ0v) is 8.95. The van der Waals surface area contributed by atoms with Crippen molar-refractivity contribution in [3.63, 3.8) is 0 Å². The van der Waals surface area contributed by atoms with Gasteiger partial charge in [-0.1, -0.05) is 18.5 Å². The van der Waals surface area contributed by atoms with Crippen LogP contribution in [0.1, 0.15) is 18.4 Å². The molecule has 0 atom stereocenters. The second kappa shape index (κ2) is 4.80. The van der Waals surface area contributed by atoms with Crippen LogP contribution in [-0.4, -0.2) is 23.5 Å². The van der Waals surface area contributed by atoms with E-state index < -0.39 is 0 Å². The van der Waals surface area contributed by atoms with Crippen LogP contribution in [0.25, 0.3) is 0 Å². The molecule has 2 nitrogen and oxygen atoms in total. The van der Waals surface area contributed by atoms with Crippen LogP contribution in [0.5, 0.6) is 0 Å². The topological polar surface area (TPSA) is 16.1 Å². The number of rotatable bonds is 4. The average molecular weight is 205 g/mol. The van der Waals surface area contributed by atoms with E-state index in [0.29, 0.717) is 0 Å². The second-order valence-corrected chi connectivity index (χ2v) is 4.54. The summed E-state index contributed by atoms with van der Waals surface area (Å²) in [5, 5.41) is 1.09. The van der Waals surface area contributed by atoms with Crippen LogP contribution in [0, 0.1) is 0 Å². The molecular weight excluding hydrogens is 192 g/mol. The molecule has 0 fully saturated rings. The van der Waals surface area contributed by atoms with Gasteiger partial charge in [0.2, 0.25) is 0 Å². The van der Waals surface area contributed by atoms with Gasteiger partial charge >= 0.3 is 0 Å². The molecular formula is C8H13ClN2S. The average Bonchev–Trinajstić information content (AvgIpc) is 2.36. The highest BCUT2D eigenvalue weighted by molar-refractivity contribution is 7.15. The van der Waals surface area contributed by atoms with E-state index in [1.165, 1.54) is 6.42 Å². The van der Waals surface area contributed by atoms with Gasteiger partial charge in [-0.15, -0.1) is 11.3 Å². The predicted molar refractivity (Wildman–Crippen MR) is 53.7 cm³/mol. The third-order valence-corrected chi connectivity index (χ3v) is 2.64. The quantitative estimate of drug-likeness (QED) is 0.750. The van der Waals surface area contributed by atoms with Crippen molar-refractivity contribution < 1.29 is 0 Å². The van der Waals surface area contributed by atoms with E-state index in [4.69, 9.17) is 11.6 Å². The van der Waals surface area contributed by atoms with E-state index >= 15 is 0 Å². The van der Waals surface area contributed by atoms with Gasteiger partial charge in [-0.25, -0.2) is 4.98 Å². The fourth-order valence-corrected chi connectivity index (χ4v) is 2.09. The lowest BCUT2D eigenvalue weighted by molar-refractivity contribution is 0.327. The third-order valence-electron chi connectivity index (χ3n) is 1.54. The summed E-state index contributed by atoms with van der Waals surface area (Å²) >= 11 is 7.31. The van der Waals surface area contributed by atoms with Crippen LogP contribution in [0.3, 0.4) is 0 Å². The molecule has 0 radical (unpaired) electrons. The first-order valence-electron chi connectivity index (χ1n) is 4.01. The fraction of sp³-hybridized carbons (Fsp3) is 0.625. The maximum atomic E-state index is 5.76. The monoisotopic (exact) mass is 204 g/mol. The summed E-state index contributed by atoms with van der Waals surface area (Å²) in [6.45, 7) is 4.19. The molecule has 68 valence electrons. The molecule has 0 aromatic carbocycles. The minimum atomic E-state index is 0.773. The van der Waals surface area contributed by atoms with Crippen molar-refractivity contribution >= 4 is 22.9 Å². The van der Waals surface area contributed by atoms with Crippen LogP contribution in [0.4, 0.5) is 0 Å². The molecule has 4 heteroatoms. The fourth-order valence-electron chi connectivity index (χ4n) is 1.05. The zero-order valence-electron chi connectivity index (χ0n) is 7.38. The van der Waals surface area contributed by atoms with E-state index in [0.717, 1.165) is 22.4 Å². The Morgan fingerprint density at radius 1 is 1.67 bits per heavy atom. The first kappa shape index (κ1) is 9.96. The minimum Gasteiger partial charge on any atom is -0.300 e. The lowest BCUT2D eigenvalue weighted by Crippen LogP contribution is -2.18. The molecule has 0 aliphatic heterocycles. The number of hydrogen-bond donors (Lipinski definition) is 0. The number of nitrogens with zero attached hydrogens (tertiary/aromatic N) is 2. The SMILES string of the molecule is CCCN(C)Cc1ncc(Cl)s1. The number of halogens is 1. The molecule has 0 aliphatic carbocycles. The van der Waals surface area contributed by atoms with Gasteiger partial charge in [0.15, 0.2) is 0 Å². The molecule has 0 amide bonds. The highest BCUT2D eigenvalue weighted by Gasteiger charge is 2.02. The number of aromatic nitrogens is 1. The summed E-state index contributed by atoms with van der Waals surface area (Å²) in [5.74, 6) is 0. The normalized spacial score (nSPS) is 11.0. The zero-order chi connectivity index (χ0) is 8.97. The molecule has 1 aromatic heterocycles. The van der Waals surface area contributed by atoms with Gasteiger partial charge in [-0.2, -0.15) is 0 Å². The van der Waals surface area contributed by atoms with Gasteiger partial charge < -0.3 is 0 Å². The van der Waals surface area contributed by atoms with Crippen LogP contribution < -0.4 is 0 Å². The summed E-state index contributed by atoms with van der Waals surface area (Å²) in [6.07, 6.45) is 2.89. The molecule has 0 unspecified atom stereocenters. The Morgan fingerprint density at radius 3 is 2.92 bits per heavy atom. The third kappa shape index (κ3) is 3.09. The Bertz CT molecular complexity index is 237. The van der Waals surface area contributed by atoms with E-state index in [9.17, 15) is 0 Å². The first-order valence-corrected chi connectivity index (χ1v) is 5.20. The number of hydrogen-bond acceptors (Lipinski definition) is 3. The maximum Gasteiger partial charge on any atom is 0.113 e. The predicted octanol–water partition coefficient (Wildman–Crippen LogP) is 2.64. The summed E-state index contributed by atoms with van der Waals surface area (Å²) < 4.78 is 0.773.